The average molecular weight is 263 g/mol. The monoisotopic (exact) mass is 263 g/mol. The van der Waals surface area contributed by atoms with Crippen LogP contribution in [-0.4, -0.2) is 4.98 Å². The molecule has 0 saturated heterocycles. The molecular formula is C13H8F3N3. The molecule has 96 valence electrons. The molecule has 2 aromatic rings. The van der Waals surface area contributed by atoms with Gasteiger partial charge < -0.3 is 5.32 Å². The fourth-order valence-corrected chi connectivity index (χ4v) is 1.57. The molecule has 1 aromatic heterocycles. The summed E-state index contributed by atoms with van der Waals surface area (Å²) in [5, 5.41) is 11.7. The summed E-state index contributed by atoms with van der Waals surface area (Å²) in [5.74, 6) is 0. The molecule has 0 spiro atoms. The Morgan fingerprint density at radius 2 is 1.95 bits per heavy atom. The summed E-state index contributed by atoms with van der Waals surface area (Å²) in [5.41, 5.74) is -0.322. The van der Waals surface area contributed by atoms with E-state index in [1.54, 1.807) is 24.4 Å². The zero-order chi connectivity index (χ0) is 13.9. The fraction of sp³-hybridized carbons (Fsp3) is 0.0769. The number of nitriles is 1. The molecule has 0 aliphatic rings. The molecule has 0 aliphatic carbocycles. The third-order valence-corrected chi connectivity index (χ3v) is 2.40. The quantitative estimate of drug-likeness (QED) is 0.898. The van der Waals surface area contributed by atoms with Crippen molar-refractivity contribution < 1.29 is 13.2 Å². The maximum absolute atomic E-state index is 12.6. The Morgan fingerprint density at radius 1 is 1.16 bits per heavy atom. The van der Waals surface area contributed by atoms with Gasteiger partial charge in [0.1, 0.15) is 0 Å². The van der Waals surface area contributed by atoms with Gasteiger partial charge in [-0.1, -0.05) is 0 Å². The average Bonchev–Trinajstić information content (AvgIpc) is 2.38. The standard InChI is InChI=1S/C13H8F3N3/c14-13(15,16)12-4-3-10(6-9(12)7-17)19-11-2-1-5-18-8-11/h1-6,8,19H. The molecule has 2 rings (SSSR count). The molecule has 0 aliphatic heterocycles. The number of hydrogen-bond donors (Lipinski definition) is 1. The predicted octanol–water partition coefficient (Wildman–Crippen LogP) is 3.72. The number of rotatable bonds is 2. The molecule has 1 N–H and O–H groups in total. The number of halogens is 3. The number of nitrogens with one attached hydrogen (secondary N) is 1. The molecule has 19 heavy (non-hydrogen) atoms. The van der Waals surface area contributed by atoms with Gasteiger partial charge in [-0.25, -0.2) is 0 Å². The summed E-state index contributed by atoms with van der Waals surface area (Å²) in [6, 6.07) is 8.29. The van der Waals surface area contributed by atoms with E-state index < -0.39 is 17.3 Å². The topological polar surface area (TPSA) is 48.7 Å². The van der Waals surface area contributed by atoms with Crippen molar-refractivity contribution in [3.8, 4) is 6.07 Å². The van der Waals surface area contributed by atoms with Crippen LogP contribution in [0.25, 0.3) is 0 Å². The zero-order valence-corrected chi connectivity index (χ0v) is 9.57. The highest BCUT2D eigenvalue weighted by Crippen LogP contribution is 2.33. The second kappa shape index (κ2) is 4.98. The van der Waals surface area contributed by atoms with E-state index in [0.717, 1.165) is 12.1 Å². The van der Waals surface area contributed by atoms with Crippen LogP contribution in [0.5, 0.6) is 0 Å². The van der Waals surface area contributed by atoms with Crippen molar-refractivity contribution in [2.45, 2.75) is 6.18 Å². The minimum absolute atomic E-state index is 0.401. The summed E-state index contributed by atoms with van der Waals surface area (Å²) in [7, 11) is 0. The van der Waals surface area contributed by atoms with Crippen LogP contribution in [0.15, 0.2) is 42.7 Å². The van der Waals surface area contributed by atoms with Gasteiger partial charge in [-0.15, -0.1) is 0 Å². The second-order valence-electron chi connectivity index (χ2n) is 3.74. The van der Waals surface area contributed by atoms with E-state index in [1.807, 2.05) is 0 Å². The zero-order valence-electron chi connectivity index (χ0n) is 9.57. The number of nitrogens with zero attached hydrogens (tertiary/aromatic N) is 2. The third kappa shape index (κ3) is 3.01. The van der Waals surface area contributed by atoms with Crippen LogP contribution in [-0.2, 0) is 6.18 Å². The first-order chi connectivity index (χ1) is 9.00. The van der Waals surface area contributed by atoms with Crippen LogP contribution in [0.4, 0.5) is 24.5 Å². The van der Waals surface area contributed by atoms with E-state index in [9.17, 15) is 13.2 Å². The maximum Gasteiger partial charge on any atom is 0.417 e. The van der Waals surface area contributed by atoms with Crippen molar-refractivity contribution in [2.24, 2.45) is 0 Å². The molecule has 3 nitrogen and oxygen atoms in total. The van der Waals surface area contributed by atoms with Crippen molar-refractivity contribution >= 4 is 11.4 Å². The van der Waals surface area contributed by atoms with Gasteiger partial charge in [-0.05, 0) is 30.3 Å². The highest BCUT2D eigenvalue weighted by molar-refractivity contribution is 5.62. The van der Waals surface area contributed by atoms with E-state index >= 15 is 0 Å². The van der Waals surface area contributed by atoms with Crippen molar-refractivity contribution in [3.05, 3.63) is 53.9 Å². The summed E-state index contributed by atoms with van der Waals surface area (Å²) in [4.78, 5) is 3.87. The molecule has 0 amide bonds. The Labute approximate surface area is 107 Å². The third-order valence-electron chi connectivity index (χ3n) is 2.40. The van der Waals surface area contributed by atoms with E-state index in [-0.39, 0.29) is 0 Å². The summed E-state index contributed by atoms with van der Waals surface area (Å²) in [6.07, 6.45) is -1.42. The van der Waals surface area contributed by atoms with E-state index in [0.29, 0.717) is 11.4 Å². The van der Waals surface area contributed by atoms with E-state index in [4.69, 9.17) is 5.26 Å². The Bertz CT molecular complexity index is 615. The Kier molecular flexibility index (Phi) is 3.38. The van der Waals surface area contributed by atoms with Gasteiger partial charge in [0.2, 0.25) is 0 Å². The first-order valence-electron chi connectivity index (χ1n) is 5.29. The Balaban J connectivity index is 2.33. The Hall–Kier alpha value is -2.55. The number of alkyl halides is 3. The molecule has 0 fully saturated rings. The van der Waals surface area contributed by atoms with Crippen LogP contribution in [0.1, 0.15) is 11.1 Å². The van der Waals surface area contributed by atoms with Crippen LogP contribution in [0.3, 0.4) is 0 Å². The lowest BCUT2D eigenvalue weighted by atomic mass is 10.1. The van der Waals surface area contributed by atoms with E-state index in [1.165, 1.54) is 12.3 Å². The minimum Gasteiger partial charge on any atom is -0.354 e. The van der Waals surface area contributed by atoms with Crippen LogP contribution >= 0.6 is 0 Å². The maximum atomic E-state index is 12.6. The van der Waals surface area contributed by atoms with E-state index in [2.05, 4.69) is 10.3 Å². The molecule has 0 bridgehead atoms. The number of aromatic nitrogens is 1. The number of hydrogen-bond acceptors (Lipinski definition) is 3. The van der Waals surface area contributed by atoms with Gasteiger partial charge in [0, 0.05) is 11.9 Å². The highest BCUT2D eigenvalue weighted by Gasteiger charge is 2.33. The molecule has 1 aromatic carbocycles. The number of anilines is 2. The van der Waals surface area contributed by atoms with Crippen LogP contribution in [0, 0.1) is 11.3 Å². The van der Waals surface area contributed by atoms with Crippen LogP contribution < -0.4 is 5.32 Å². The smallest absolute Gasteiger partial charge is 0.354 e. The molecule has 0 unspecified atom stereocenters. The van der Waals surface area contributed by atoms with Crippen molar-refractivity contribution in [1.29, 1.82) is 5.26 Å². The summed E-state index contributed by atoms with van der Waals surface area (Å²) < 4.78 is 37.8. The highest BCUT2D eigenvalue weighted by atomic mass is 19.4. The fourth-order valence-electron chi connectivity index (χ4n) is 1.57. The first kappa shape index (κ1) is 12.9. The predicted molar refractivity (Wildman–Crippen MR) is 63.7 cm³/mol. The summed E-state index contributed by atoms with van der Waals surface area (Å²) in [6.45, 7) is 0. The van der Waals surface area contributed by atoms with Gasteiger partial charge in [0.15, 0.2) is 0 Å². The number of pyridine rings is 1. The largest absolute Gasteiger partial charge is 0.417 e. The molecule has 0 radical (unpaired) electrons. The number of benzene rings is 1. The second-order valence-corrected chi connectivity index (χ2v) is 3.74. The summed E-state index contributed by atoms with van der Waals surface area (Å²) >= 11 is 0. The molecule has 1 heterocycles. The molecule has 0 atom stereocenters. The first-order valence-corrected chi connectivity index (χ1v) is 5.29. The van der Waals surface area contributed by atoms with Gasteiger partial charge in [0.05, 0.1) is 29.1 Å². The molecular weight excluding hydrogens is 255 g/mol. The molecule has 6 heteroatoms. The van der Waals surface area contributed by atoms with Gasteiger partial charge >= 0.3 is 6.18 Å². The van der Waals surface area contributed by atoms with Gasteiger partial charge in [0.25, 0.3) is 0 Å². The molecule has 0 saturated carbocycles. The minimum atomic E-state index is -4.53. The SMILES string of the molecule is N#Cc1cc(Nc2cccnc2)ccc1C(F)(F)F. The lowest BCUT2D eigenvalue weighted by Gasteiger charge is -2.11. The van der Waals surface area contributed by atoms with Crippen LogP contribution in [0.2, 0.25) is 0 Å². The van der Waals surface area contributed by atoms with Crippen molar-refractivity contribution in [1.82, 2.24) is 4.98 Å². The van der Waals surface area contributed by atoms with Crippen molar-refractivity contribution in [3.63, 3.8) is 0 Å². The Morgan fingerprint density at radius 3 is 2.53 bits per heavy atom. The van der Waals surface area contributed by atoms with Gasteiger partial charge in [-0.3, -0.25) is 4.98 Å². The lowest BCUT2D eigenvalue weighted by Crippen LogP contribution is -2.08. The lowest BCUT2D eigenvalue weighted by molar-refractivity contribution is -0.137. The van der Waals surface area contributed by atoms with Crippen molar-refractivity contribution in [2.75, 3.05) is 5.32 Å². The van der Waals surface area contributed by atoms with Gasteiger partial charge in [-0.2, -0.15) is 18.4 Å². The normalized spacial score (nSPS) is 10.8.